The summed E-state index contributed by atoms with van der Waals surface area (Å²) in [5.41, 5.74) is -1.23. The lowest BCUT2D eigenvalue weighted by Crippen LogP contribution is -2.49. The number of esters is 1. The van der Waals surface area contributed by atoms with Gasteiger partial charge in [0, 0.05) is 6.42 Å². The normalized spacial score (nSPS) is 24.3. The molecular formula is C15H16F3N5O4. The van der Waals surface area contributed by atoms with Crippen LogP contribution in [0.2, 0.25) is 0 Å². The maximum Gasteiger partial charge on any atom is 0.470 e. The Morgan fingerprint density at radius 2 is 2.00 bits per heavy atom. The highest BCUT2D eigenvalue weighted by Gasteiger charge is 2.47. The molecule has 0 aliphatic carbocycles. The van der Waals surface area contributed by atoms with Gasteiger partial charge in [0.15, 0.2) is 0 Å². The van der Waals surface area contributed by atoms with Gasteiger partial charge < -0.3 is 9.15 Å². The molecule has 0 bridgehead atoms. The van der Waals surface area contributed by atoms with E-state index < -0.39 is 47.8 Å². The number of hydrogen-bond donors (Lipinski definition) is 0. The number of ether oxygens (including phenoxy) is 1. The van der Waals surface area contributed by atoms with E-state index in [0.29, 0.717) is 25.1 Å². The highest BCUT2D eigenvalue weighted by molar-refractivity contribution is 5.76. The van der Waals surface area contributed by atoms with Crippen LogP contribution in [-0.2, 0) is 28.7 Å². The number of carbonyl (C=O) groups is 1. The van der Waals surface area contributed by atoms with Crippen molar-refractivity contribution in [3.05, 3.63) is 28.1 Å². The number of alkyl halides is 3. The van der Waals surface area contributed by atoms with Gasteiger partial charge in [-0.2, -0.15) is 18.3 Å². The third-order valence-electron chi connectivity index (χ3n) is 4.77. The van der Waals surface area contributed by atoms with Crippen molar-refractivity contribution in [3.63, 3.8) is 0 Å². The molecule has 9 nitrogen and oxygen atoms in total. The first kappa shape index (κ1) is 17.7. The summed E-state index contributed by atoms with van der Waals surface area (Å²) in [6, 6.07) is -0.781. The summed E-state index contributed by atoms with van der Waals surface area (Å²) in [6.07, 6.45) is -3.02. The Morgan fingerprint density at radius 1 is 1.26 bits per heavy atom. The van der Waals surface area contributed by atoms with E-state index in [9.17, 15) is 22.8 Å². The van der Waals surface area contributed by atoms with E-state index in [-0.39, 0.29) is 5.92 Å². The van der Waals surface area contributed by atoms with E-state index in [1.54, 1.807) is 0 Å². The van der Waals surface area contributed by atoms with Gasteiger partial charge in [-0.15, -0.1) is 10.2 Å². The zero-order chi connectivity index (χ0) is 19.6. The molecule has 0 amide bonds. The SMILES string of the molecule is CC1(C)CC2CCc3nn(Cc4nnc(C(F)(F)F)o4)c(=O)n3[C@@H]2C(=O)O1. The lowest BCUT2D eigenvalue weighted by molar-refractivity contribution is -0.175. The molecule has 1 unspecified atom stereocenters. The van der Waals surface area contributed by atoms with Crippen LogP contribution in [0.3, 0.4) is 0 Å². The zero-order valence-electron chi connectivity index (χ0n) is 14.5. The number of aryl methyl sites for hydroxylation is 1. The van der Waals surface area contributed by atoms with Crippen molar-refractivity contribution in [1.29, 1.82) is 0 Å². The Morgan fingerprint density at radius 3 is 2.67 bits per heavy atom. The second kappa shape index (κ2) is 5.67. The van der Waals surface area contributed by atoms with Crippen LogP contribution in [0.5, 0.6) is 0 Å². The fourth-order valence-corrected chi connectivity index (χ4v) is 3.78. The van der Waals surface area contributed by atoms with Crippen molar-refractivity contribution in [1.82, 2.24) is 24.5 Å². The molecule has 0 saturated carbocycles. The van der Waals surface area contributed by atoms with Crippen LogP contribution in [0.25, 0.3) is 0 Å². The van der Waals surface area contributed by atoms with Crippen LogP contribution < -0.4 is 5.69 Å². The summed E-state index contributed by atoms with van der Waals surface area (Å²) in [7, 11) is 0. The van der Waals surface area contributed by atoms with Gasteiger partial charge in [-0.1, -0.05) is 0 Å². The van der Waals surface area contributed by atoms with Gasteiger partial charge in [0.2, 0.25) is 5.89 Å². The zero-order valence-corrected chi connectivity index (χ0v) is 14.5. The van der Waals surface area contributed by atoms with Gasteiger partial charge in [-0.05, 0) is 32.6 Å². The quantitative estimate of drug-likeness (QED) is 0.716. The molecule has 1 fully saturated rings. The maximum absolute atomic E-state index is 12.7. The van der Waals surface area contributed by atoms with Crippen LogP contribution >= 0.6 is 0 Å². The van der Waals surface area contributed by atoms with Crippen molar-refractivity contribution in [2.75, 3.05) is 0 Å². The summed E-state index contributed by atoms with van der Waals surface area (Å²) in [5.74, 6) is -2.08. The molecule has 0 spiro atoms. The molecule has 4 rings (SSSR count). The minimum atomic E-state index is -4.77. The largest absolute Gasteiger partial charge is 0.470 e. The molecule has 2 aliphatic rings. The predicted molar refractivity (Wildman–Crippen MR) is 80.5 cm³/mol. The highest BCUT2D eigenvalue weighted by atomic mass is 19.4. The van der Waals surface area contributed by atoms with Crippen molar-refractivity contribution in [2.45, 2.75) is 57.5 Å². The lowest BCUT2D eigenvalue weighted by Gasteiger charge is -2.41. The Hall–Kier alpha value is -2.66. The lowest BCUT2D eigenvalue weighted by atomic mass is 9.80. The van der Waals surface area contributed by atoms with E-state index in [4.69, 9.17) is 4.74 Å². The number of cyclic esters (lactones) is 1. The number of aromatic nitrogens is 5. The first-order valence-corrected chi connectivity index (χ1v) is 8.36. The fraction of sp³-hybridized carbons (Fsp3) is 0.667. The third-order valence-corrected chi connectivity index (χ3v) is 4.77. The molecule has 4 heterocycles. The van der Waals surface area contributed by atoms with Gasteiger partial charge in [0.25, 0.3) is 0 Å². The highest BCUT2D eigenvalue weighted by Crippen LogP contribution is 2.41. The number of carbonyl (C=O) groups excluding carboxylic acids is 1. The summed E-state index contributed by atoms with van der Waals surface area (Å²) in [5, 5.41) is 10.4. The van der Waals surface area contributed by atoms with Crippen molar-refractivity contribution in [3.8, 4) is 0 Å². The average Bonchev–Trinajstić information content (AvgIpc) is 3.12. The standard InChI is InChI=1S/C15H16F3N5O4/c1-14(2)5-7-3-4-8-21-22(13(25)23(8)10(7)11(24)27-14)6-9-19-20-12(26-9)15(16,17)18/h7,10H,3-6H2,1-2H3/t7?,10-/m0/s1. The van der Waals surface area contributed by atoms with E-state index in [1.165, 1.54) is 4.57 Å². The Labute approximate surface area is 150 Å². The van der Waals surface area contributed by atoms with Gasteiger partial charge in [0.1, 0.15) is 24.0 Å². The number of hydrogen-bond acceptors (Lipinski definition) is 7. The first-order valence-electron chi connectivity index (χ1n) is 8.36. The topological polar surface area (TPSA) is 105 Å². The van der Waals surface area contributed by atoms with Crippen molar-refractivity contribution in [2.24, 2.45) is 5.92 Å². The summed E-state index contributed by atoms with van der Waals surface area (Å²) < 4.78 is 49.8. The summed E-state index contributed by atoms with van der Waals surface area (Å²) in [4.78, 5) is 25.2. The monoisotopic (exact) mass is 387 g/mol. The van der Waals surface area contributed by atoms with E-state index in [1.807, 2.05) is 13.8 Å². The summed E-state index contributed by atoms with van der Waals surface area (Å²) in [6.45, 7) is 3.22. The van der Waals surface area contributed by atoms with E-state index in [0.717, 1.165) is 4.68 Å². The van der Waals surface area contributed by atoms with Gasteiger partial charge in [0.05, 0.1) is 0 Å². The van der Waals surface area contributed by atoms with Crippen LogP contribution in [0.1, 0.15) is 50.3 Å². The molecular weight excluding hydrogens is 371 g/mol. The second-order valence-corrected chi connectivity index (χ2v) is 7.35. The van der Waals surface area contributed by atoms with Crippen molar-refractivity contribution < 1.29 is 27.1 Å². The fourth-order valence-electron chi connectivity index (χ4n) is 3.78. The van der Waals surface area contributed by atoms with Crippen LogP contribution in [0.15, 0.2) is 9.21 Å². The molecule has 146 valence electrons. The third kappa shape index (κ3) is 3.02. The number of fused-ring (bicyclic) bond motifs is 3. The molecule has 0 radical (unpaired) electrons. The first-order chi connectivity index (χ1) is 12.5. The van der Waals surface area contributed by atoms with Gasteiger partial charge in [-0.25, -0.2) is 14.3 Å². The number of nitrogens with zero attached hydrogens (tertiary/aromatic N) is 5. The molecule has 2 aromatic rings. The Bertz CT molecular complexity index is 958. The van der Waals surface area contributed by atoms with Crippen molar-refractivity contribution >= 4 is 5.97 Å². The second-order valence-electron chi connectivity index (χ2n) is 7.35. The average molecular weight is 387 g/mol. The molecule has 0 aromatic carbocycles. The molecule has 0 N–H and O–H groups in total. The van der Waals surface area contributed by atoms with Gasteiger partial charge in [-0.3, -0.25) is 4.57 Å². The predicted octanol–water partition coefficient (Wildman–Crippen LogP) is 1.32. The molecule has 2 aliphatic heterocycles. The molecule has 12 heteroatoms. The molecule has 2 atom stereocenters. The van der Waals surface area contributed by atoms with Crippen LogP contribution in [0.4, 0.5) is 13.2 Å². The number of halogens is 3. The van der Waals surface area contributed by atoms with Crippen LogP contribution in [0, 0.1) is 5.92 Å². The van der Waals surface area contributed by atoms with E-state index in [2.05, 4.69) is 19.7 Å². The Balaban J connectivity index is 1.65. The number of rotatable bonds is 2. The molecule has 2 aromatic heterocycles. The van der Waals surface area contributed by atoms with Gasteiger partial charge >= 0.3 is 23.7 Å². The van der Waals surface area contributed by atoms with E-state index >= 15 is 0 Å². The summed E-state index contributed by atoms with van der Waals surface area (Å²) >= 11 is 0. The van der Waals surface area contributed by atoms with Crippen LogP contribution in [-0.4, -0.2) is 36.1 Å². The Kier molecular flexibility index (Phi) is 3.72. The minimum absolute atomic E-state index is 0.0654. The minimum Gasteiger partial charge on any atom is -0.458 e. The molecule has 1 saturated heterocycles. The maximum atomic E-state index is 12.7. The smallest absolute Gasteiger partial charge is 0.458 e. The molecule has 27 heavy (non-hydrogen) atoms.